The van der Waals surface area contributed by atoms with Crippen LogP contribution < -0.4 is 25.6 Å². The van der Waals surface area contributed by atoms with Crippen LogP contribution in [0.2, 0.25) is 0 Å². The van der Waals surface area contributed by atoms with Crippen molar-refractivity contribution in [3.63, 3.8) is 0 Å². The fourth-order valence-corrected chi connectivity index (χ4v) is 4.23. The van der Waals surface area contributed by atoms with E-state index in [1.807, 2.05) is 62.3 Å². The highest BCUT2D eigenvalue weighted by atomic mass is 16.5. The fraction of sp³-hybridized carbons (Fsp3) is 0.367. The molecule has 0 unspecified atom stereocenters. The van der Waals surface area contributed by atoms with Gasteiger partial charge in [-0.05, 0) is 67.7 Å². The molecule has 0 saturated heterocycles. The molecule has 4 rings (SSSR count). The molecule has 0 aliphatic carbocycles. The molecular weight excluding hydrogens is 504 g/mol. The molecule has 0 aliphatic rings. The van der Waals surface area contributed by atoms with Gasteiger partial charge in [0.1, 0.15) is 23.1 Å². The first kappa shape index (κ1) is 28.7. The molecule has 4 aromatic rings. The first-order chi connectivity index (χ1) is 19.1. The lowest BCUT2D eigenvalue weighted by Gasteiger charge is -2.21. The van der Waals surface area contributed by atoms with Crippen molar-refractivity contribution in [3.8, 4) is 5.75 Å². The Hall–Kier alpha value is -4.31. The molecule has 0 bridgehead atoms. The number of fused-ring (bicyclic) bond motifs is 1. The van der Waals surface area contributed by atoms with Gasteiger partial charge in [-0.2, -0.15) is 0 Å². The second-order valence-electron chi connectivity index (χ2n) is 10.8. The number of carbonyl (C=O) groups is 1. The minimum absolute atomic E-state index is 0.104. The third-order valence-corrected chi connectivity index (χ3v) is 6.69. The molecule has 0 aliphatic heterocycles. The Morgan fingerprint density at radius 3 is 2.60 bits per heavy atom. The van der Waals surface area contributed by atoms with Gasteiger partial charge < -0.3 is 25.6 Å². The molecule has 1 amide bonds. The molecule has 2 aromatic carbocycles. The Labute approximate surface area is 235 Å². The van der Waals surface area contributed by atoms with Gasteiger partial charge in [-0.3, -0.25) is 4.79 Å². The molecule has 0 spiro atoms. The number of nitrogens with zero attached hydrogens (tertiary/aromatic N) is 5. The highest BCUT2D eigenvalue weighted by Gasteiger charge is 2.20. The van der Waals surface area contributed by atoms with Crippen molar-refractivity contribution in [2.45, 2.75) is 39.5 Å². The second kappa shape index (κ2) is 12.3. The second-order valence-corrected chi connectivity index (χ2v) is 10.8. The minimum Gasteiger partial charge on any atom is -0.496 e. The zero-order valence-corrected chi connectivity index (χ0v) is 24.3. The fourth-order valence-electron chi connectivity index (χ4n) is 4.23. The summed E-state index contributed by atoms with van der Waals surface area (Å²) < 4.78 is 5.48. The van der Waals surface area contributed by atoms with Crippen LogP contribution in [0, 0.1) is 6.92 Å². The molecule has 10 heteroatoms. The smallest absolute Gasteiger partial charge is 0.259 e. The summed E-state index contributed by atoms with van der Waals surface area (Å²) >= 11 is 0. The maximum absolute atomic E-state index is 13.3. The maximum atomic E-state index is 13.3. The average molecular weight is 543 g/mol. The van der Waals surface area contributed by atoms with Crippen molar-refractivity contribution < 1.29 is 9.53 Å². The van der Waals surface area contributed by atoms with Crippen LogP contribution in [0.1, 0.15) is 48.7 Å². The standard InChI is InChI=1S/C30H38N8O2/c1-19-9-11-21(35-28(39)22-15-20(30(2,3)4)10-12-25(22)40-7)16-23(19)36-27-26-24(33-18-34-27)17-32-29(37-26)38(6)14-8-13-31-5/h9-12,15-18,31H,8,13-14H2,1-7H3,(H,35,39)(H,33,34,36). The van der Waals surface area contributed by atoms with Crippen LogP contribution in [-0.2, 0) is 5.41 Å². The number of aromatic nitrogens is 4. The number of methoxy groups -OCH3 is 1. The molecule has 210 valence electrons. The Bertz CT molecular complexity index is 1500. The molecule has 0 saturated carbocycles. The number of carbonyl (C=O) groups excluding carboxylic acids is 1. The average Bonchev–Trinajstić information content (AvgIpc) is 2.94. The van der Waals surface area contributed by atoms with E-state index in [1.165, 1.54) is 6.33 Å². The van der Waals surface area contributed by atoms with E-state index >= 15 is 0 Å². The van der Waals surface area contributed by atoms with E-state index in [9.17, 15) is 4.79 Å². The molecule has 3 N–H and O–H groups in total. The van der Waals surface area contributed by atoms with Crippen molar-refractivity contribution in [2.24, 2.45) is 0 Å². The number of rotatable bonds is 10. The lowest BCUT2D eigenvalue weighted by Crippen LogP contribution is -2.24. The predicted octanol–water partition coefficient (Wildman–Crippen LogP) is 5.08. The zero-order chi connectivity index (χ0) is 28.9. The van der Waals surface area contributed by atoms with Crippen LogP contribution >= 0.6 is 0 Å². The number of ether oxygens (including phenoxy) is 1. The van der Waals surface area contributed by atoms with Crippen molar-refractivity contribution in [3.05, 3.63) is 65.6 Å². The number of anilines is 4. The summed E-state index contributed by atoms with van der Waals surface area (Å²) in [5, 5.41) is 9.57. The summed E-state index contributed by atoms with van der Waals surface area (Å²) in [6.07, 6.45) is 4.16. The Balaban J connectivity index is 1.60. The lowest BCUT2D eigenvalue weighted by atomic mass is 9.86. The quantitative estimate of drug-likeness (QED) is 0.236. The first-order valence-electron chi connectivity index (χ1n) is 13.3. The first-order valence-corrected chi connectivity index (χ1v) is 13.3. The maximum Gasteiger partial charge on any atom is 0.259 e. The SMILES string of the molecule is CNCCCN(C)c1ncc2ncnc(Nc3cc(NC(=O)c4cc(C(C)(C)C)ccc4OC)ccc3C)c2n1. The third-order valence-electron chi connectivity index (χ3n) is 6.69. The monoisotopic (exact) mass is 542 g/mol. The van der Waals surface area contributed by atoms with Crippen molar-refractivity contribution in [2.75, 3.05) is 49.8 Å². The van der Waals surface area contributed by atoms with E-state index in [4.69, 9.17) is 9.72 Å². The molecule has 0 atom stereocenters. The van der Waals surface area contributed by atoms with Gasteiger partial charge in [0.25, 0.3) is 5.91 Å². The number of nitrogens with one attached hydrogen (secondary N) is 3. The van der Waals surface area contributed by atoms with Crippen LogP contribution in [0.3, 0.4) is 0 Å². The molecule has 0 radical (unpaired) electrons. The van der Waals surface area contributed by atoms with E-state index in [0.717, 1.165) is 36.3 Å². The van der Waals surface area contributed by atoms with Gasteiger partial charge in [0.15, 0.2) is 5.82 Å². The van der Waals surface area contributed by atoms with Crippen molar-refractivity contribution in [1.29, 1.82) is 0 Å². The van der Waals surface area contributed by atoms with Crippen molar-refractivity contribution >= 4 is 40.1 Å². The van der Waals surface area contributed by atoms with Gasteiger partial charge in [0.2, 0.25) is 5.95 Å². The van der Waals surface area contributed by atoms with Crippen LogP contribution in [0.4, 0.5) is 23.1 Å². The highest BCUT2D eigenvalue weighted by molar-refractivity contribution is 6.06. The molecule has 10 nitrogen and oxygen atoms in total. The predicted molar refractivity (Wildman–Crippen MR) is 161 cm³/mol. The molecular formula is C30H38N8O2. The summed E-state index contributed by atoms with van der Waals surface area (Å²) in [4.78, 5) is 33.4. The topological polar surface area (TPSA) is 117 Å². The number of aryl methyl sites for hydroxylation is 1. The van der Waals surface area contributed by atoms with Crippen LogP contribution in [0.25, 0.3) is 11.0 Å². The summed E-state index contributed by atoms with van der Waals surface area (Å²) in [6, 6.07) is 11.4. The number of benzene rings is 2. The Morgan fingerprint density at radius 2 is 1.88 bits per heavy atom. The Kier molecular flexibility index (Phi) is 8.79. The normalized spacial score (nSPS) is 11.4. The van der Waals surface area contributed by atoms with Crippen LogP contribution in [0.5, 0.6) is 5.75 Å². The van der Waals surface area contributed by atoms with E-state index in [0.29, 0.717) is 39.8 Å². The summed E-state index contributed by atoms with van der Waals surface area (Å²) in [5.41, 5.74) is 5.09. The largest absolute Gasteiger partial charge is 0.496 e. The zero-order valence-electron chi connectivity index (χ0n) is 24.3. The third kappa shape index (κ3) is 6.63. The summed E-state index contributed by atoms with van der Waals surface area (Å²) in [7, 11) is 5.47. The minimum atomic E-state index is -0.246. The lowest BCUT2D eigenvalue weighted by molar-refractivity contribution is 0.102. The van der Waals surface area contributed by atoms with Crippen molar-refractivity contribution in [1.82, 2.24) is 25.3 Å². The number of hydrogen-bond donors (Lipinski definition) is 3. The van der Waals surface area contributed by atoms with Gasteiger partial charge in [0.05, 0.1) is 18.9 Å². The molecule has 40 heavy (non-hydrogen) atoms. The highest BCUT2D eigenvalue weighted by Crippen LogP contribution is 2.30. The van der Waals surface area contributed by atoms with Crippen LogP contribution in [0.15, 0.2) is 48.9 Å². The molecule has 2 aromatic heterocycles. The number of amides is 1. The summed E-state index contributed by atoms with van der Waals surface area (Å²) in [5.74, 6) is 1.44. The van der Waals surface area contributed by atoms with Gasteiger partial charge in [-0.25, -0.2) is 19.9 Å². The van der Waals surface area contributed by atoms with Gasteiger partial charge in [0, 0.05) is 25.0 Å². The Morgan fingerprint density at radius 1 is 1.07 bits per heavy atom. The number of hydrogen-bond acceptors (Lipinski definition) is 9. The van der Waals surface area contributed by atoms with Gasteiger partial charge in [-0.15, -0.1) is 0 Å². The van der Waals surface area contributed by atoms with E-state index < -0.39 is 0 Å². The van der Waals surface area contributed by atoms with Crippen LogP contribution in [-0.4, -0.2) is 60.1 Å². The van der Waals surface area contributed by atoms with E-state index in [2.05, 4.69) is 51.7 Å². The molecule has 2 heterocycles. The molecule has 0 fully saturated rings. The van der Waals surface area contributed by atoms with Gasteiger partial charge in [-0.1, -0.05) is 32.9 Å². The van der Waals surface area contributed by atoms with E-state index in [-0.39, 0.29) is 11.3 Å². The summed E-state index contributed by atoms with van der Waals surface area (Å²) in [6.45, 7) is 10.0. The van der Waals surface area contributed by atoms with E-state index in [1.54, 1.807) is 13.3 Å². The van der Waals surface area contributed by atoms with Gasteiger partial charge >= 0.3 is 0 Å².